The van der Waals surface area contributed by atoms with E-state index in [4.69, 9.17) is 56.3 Å². The maximum absolute atomic E-state index is 14.9. The van der Waals surface area contributed by atoms with Crippen LogP contribution in [0.1, 0.15) is 141 Å². The van der Waals surface area contributed by atoms with E-state index in [2.05, 4.69) is 163 Å². The summed E-state index contributed by atoms with van der Waals surface area (Å²) < 4.78 is 87.7. The van der Waals surface area contributed by atoms with Gasteiger partial charge in [-0.3, -0.25) is 48.1 Å². The number of halogens is 6. The number of hydrogen-bond donors (Lipinski definition) is 9. The zero-order chi connectivity index (χ0) is 106. The normalized spacial score (nSPS) is 12.5. The number of nitrogens with two attached hydrogens (primary N) is 3. The number of pyridine rings is 9. The van der Waals surface area contributed by atoms with E-state index in [0.29, 0.717) is 102 Å². The molecule has 0 aromatic carbocycles. The van der Waals surface area contributed by atoms with Crippen molar-refractivity contribution in [3.05, 3.63) is 262 Å². The van der Waals surface area contributed by atoms with Crippen molar-refractivity contribution in [2.45, 2.75) is 104 Å². The molecule has 1 saturated heterocycles. The summed E-state index contributed by atoms with van der Waals surface area (Å²) >= 11 is 6.66. The van der Waals surface area contributed by atoms with Gasteiger partial charge in [-0.2, -0.15) is 46.0 Å². The number of carbonyl (C=O) groups is 3. The standard InChI is InChI=1S/C23H22FN9O2.C16H13BFN6.C16H10FN7.C12H14BFN2O2.C10H8BrN5.C7H10N2O3.C5H6BrN3.C5H6N2O2/c1-23(2,3)22-31-20(32-35-22)21(34)27-10-16-15(24)7-12(8-26-16)14-5-6-25-19-17(14)29-18(30-19)13-9-28-33(4)11-13;1-24-8-10(7-22-24)15-17-16-14(23-15)11(2-3-20-16)9-4-12(18)13(5-19)21-6-9;1-24-8-10(7-21-24)15-22-14-11(2-3-19-16(14)23-15)9-4-12(17)13(5-18)20-6-9;1-11(2)12(3,4)18-13(17-11)8-5-9(14)10(6-15)16-7-8;1-16-5-6(4-13-16)9-14-8-7(11)2-3-12-10(8)15-9;1-7(2,3)6-8-4(5(10)11)9-12-6;6-3-1-2-9-5(8)4(3)7;1-7-3-4(2-6-7)5(8)9/h5-9,11H,10H2,1-4H3,(H,27,34)(H,25,29,30);2-4,6-8H,5,19H2,1H3;2-4,6-8H,1H3,(H,19,22,23);5,7H,1-4H3;2-5H,1H3,(H,12,14,15);1-3H3,(H,10,11);1-2H,7H2,(H2,8,9);2-3H,1H3,(H,8,9). The van der Waals surface area contributed by atoms with Crippen LogP contribution >= 0.6 is 31.9 Å². The number of fused-ring (bicyclic) bond motifs is 4. The highest BCUT2D eigenvalue weighted by Gasteiger charge is 2.52. The van der Waals surface area contributed by atoms with Gasteiger partial charge in [0.1, 0.15) is 47.1 Å². The highest BCUT2D eigenvalue weighted by molar-refractivity contribution is 9.11. The first-order valence-corrected chi connectivity index (χ1v) is 45.5. The number of nitrogens with zero attached hydrogens (tertiary/aromatic N) is 29. The maximum atomic E-state index is 14.9. The highest BCUT2D eigenvalue weighted by atomic mass is 79.9. The molecule has 1 radical (unpaired) electrons. The number of rotatable bonds is 14. The Labute approximate surface area is 850 Å². The van der Waals surface area contributed by atoms with Gasteiger partial charge in [-0.25, -0.2) is 72.0 Å². The number of nitriles is 2. The van der Waals surface area contributed by atoms with Crippen molar-refractivity contribution in [1.82, 2.24) is 149 Å². The van der Waals surface area contributed by atoms with Crippen LogP contribution in [0.15, 0.2) is 195 Å². The molecule has 0 aliphatic carbocycles. The van der Waals surface area contributed by atoms with Crippen LogP contribution < -0.4 is 33.6 Å². The number of aromatic nitrogens is 29. The molecule has 747 valence electrons. The van der Waals surface area contributed by atoms with E-state index in [-0.39, 0.29) is 63.9 Å². The second-order valence-electron chi connectivity index (χ2n) is 35.3. The summed E-state index contributed by atoms with van der Waals surface area (Å²) in [4.78, 5) is 105. The molecule has 0 atom stereocenters. The minimum absolute atomic E-state index is 0.0671. The third-order valence-corrected chi connectivity index (χ3v) is 23.1. The lowest BCUT2D eigenvalue weighted by molar-refractivity contribution is 0.00578. The molecular weight excluding hydrogens is 2030 g/mol. The molecule has 1 fully saturated rings. The average Bonchev–Trinajstić information content (AvgIpc) is 1.63. The topological polar surface area (TPSA) is 629 Å². The number of carboxylic acids is 2. The van der Waals surface area contributed by atoms with Crippen molar-refractivity contribution in [2.24, 2.45) is 46.0 Å². The number of carbonyl (C=O) groups excluding carboxylic acids is 1. The van der Waals surface area contributed by atoms with Crippen LogP contribution in [-0.4, -0.2) is 203 Å². The van der Waals surface area contributed by atoms with E-state index < -0.39 is 59.4 Å². The van der Waals surface area contributed by atoms with Crippen molar-refractivity contribution in [1.29, 1.82) is 10.5 Å². The molecule has 53 heteroatoms. The molecule has 0 bridgehead atoms. The molecular formula is C94H89B2Br2F4N36O9. The third-order valence-electron chi connectivity index (χ3n) is 21.8. The number of amides is 1. The number of hydrogen-bond acceptors (Lipinski definition) is 34. The number of aryl methyl sites for hydroxylation is 5. The molecule has 45 nitrogen and oxygen atoms in total. The Kier molecular flexibility index (Phi) is 31.9. The van der Waals surface area contributed by atoms with Crippen LogP contribution in [0.3, 0.4) is 0 Å². The van der Waals surface area contributed by atoms with Gasteiger partial charge in [-0.15, -0.1) is 0 Å². The molecule has 12 N–H and O–H groups in total. The zero-order valence-electron chi connectivity index (χ0n) is 81.0. The van der Waals surface area contributed by atoms with Crippen LogP contribution in [0.25, 0.3) is 101 Å². The summed E-state index contributed by atoms with van der Waals surface area (Å²) in [6.07, 6.45) is 31.3. The average molecular weight is 2120 g/mol. The lowest BCUT2D eigenvalue weighted by atomic mass is 9.68. The molecule has 0 unspecified atom stereocenters. The molecule has 19 aromatic rings. The molecule has 21 heterocycles. The van der Waals surface area contributed by atoms with E-state index in [1.165, 1.54) is 59.9 Å². The Morgan fingerprint density at radius 2 is 0.918 bits per heavy atom. The number of carboxylic acid groups (broad SMARTS) is 2. The van der Waals surface area contributed by atoms with Crippen LogP contribution in [-0.2, 0) is 68.5 Å². The van der Waals surface area contributed by atoms with Crippen molar-refractivity contribution >= 4 is 131 Å². The molecule has 1 amide bonds. The first-order chi connectivity index (χ1) is 69.8. The number of imidazole rings is 3. The predicted molar refractivity (Wildman–Crippen MR) is 537 cm³/mol. The fourth-order valence-electron chi connectivity index (χ4n) is 13.4. The summed E-state index contributed by atoms with van der Waals surface area (Å²) in [6, 6.07) is 17.6. The van der Waals surface area contributed by atoms with Gasteiger partial charge in [0, 0.05) is 204 Å². The minimum atomic E-state index is -1.17. The summed E-state index contributed by atoms with van der Waals surface area (Å²) in [6.45, 7) is 18.9. The van der Waals surface area contributed by atoms with Crippen LogP contribution in [0, 0.1) is 45.9 Å². The second-order valence-corrected chi connectivity index (χ2v) is 37.0. The molecule has 147 heavy (non-hydrogen) atoms. The molecule has 0 spiro atoms. The van der Waals surface area contributed by atoms with Crippen molar-refractivity contribution in [3.8, 4) is 79.7 Å². The van der Waals surface area contributed by atoms with Crippen molar-refractivity contribution < 1.29 is 60.5 Å². The van der Waals surface area contributed by atoms with E-state index in [1.807, 2.05) is 136 Å². The van der Waals surface area contributed by atoms with Gasteiger partial charge in [-0.05, 0) is 119 Å². The van der Waals surface area contributed by atoms with E-state index in [1.54, 1.807) is 124 Å². The number of aromatic amines is 3. The third kappa shape index (κ3) is 25.2. The van der Waals surface area contributed by atoms with Crippen LogP contribution in [0.2, 0.25) is 0 Å². The smallest absolute Gasteiger partial charge is 0.478 e. The Bertz CT molecular complexity index is 8160. The van der Waals surface area contributed by atoms with Gasteiger partial charge in [0.25, 0.3) is 17.6 Å². The van der Waals surface area contributed by atoms with Crippen LogP contribution in [0.4, 0.5) is 34.8 Å². The summed E-state index contributed by atoms with van der Waals surface area (Å²) in [5.74, 6) is -2.36. The summed E-state index contributed by atoms with van der Waals surface area (Å²) in [5.41, 5.74) is 29.2. The van der Waals surface area contributed by atoms with Gasteiger partial charge in [-0.1, -0.05) is 46.7 Å². The summed E-state index contributed by atoms with van der Waals surface area (Å²) in [5, 5.41) is 64.0. The quantitative estimate of drug-likeness (QED) is 0.0361. The number of H-pyrrole nitrogens is 3. The molecule has 0 saturated carbocycles. The first kappa shape index (κ1) is 105. The molecule has 19 aromatic heterocycles. The Morgan fingerprint density at radius 3 is 1.34 bits per heavy atom. The minimum Gasteiger partial charge on any atom is -0.478 e. The largest absolute Gasteiger partial charge is 0.496 e. The lowest BCUT2D eigenvalue weighted by Crippen LogP contribution is -2.41. The number of nitrogen functional groups attached to an aromatic ring is 2. The van der Waals surface area contributed by atoms with Gasteiger partial charge >= 0.3 is 19.1 Å². The van der Waals surface area contributed by atoms with Crippen LogP contribution in [0.5, 0.6) is 0 Å². The molecule has 21 rings (SSSR count). The highest BCUT2D eigenvalue weighted by Crippen LogP contribution is 2.39. The van der Waals surface area contributed by atoms with Crippen molar-refractivity contribution in [3.63, 3.8) is 0 Å². The van der Waals surface area contributed by atoms with E-state index in [0.717, 1.165) is 59.3 Å². The number of aliphatic imine (C=N–C) groups is 1. The maximum Gasteiger partial charge on any atom is 0.496 e. The monoisotopic (exact) mass is 2120 g/mol. The first-order valence-electron chi connectivity index (χ1n) is 44.0. The SMILES string of the molecule is CC(C)(C)c1nc(C(=O)O)no1.CC1(C)OB(c2cnc(C#N)c(F)c2)OC1(C)C.Cn1cc(-c2nc3nccc(-c4cnc(C#N)c(F)c4)c3[nH]2)cn1.Cn1cc(-c2nc3nccc(-c4cnc(CNC(=O)c5noc(C(C)(C)C)n5)c(F)c4)c3[nH]2)cn1.Cn1cc(-c2nc3nccc(Br)c3[nH]2)cn1.Cn1cc(C(=O)O)cn1.Cn1cc(C2=Nc3c(-c4cnc(CN)c(F)c4)ccnc3[B]2)cn1.Nc1nccc(Br)c1N. The van der Waals surface area contributed by atoms with Gasteiger partial charge in [0.15, 0.2) is 40.0 Å². The fraction of sp³-hybridized carbons (Fsp3) is 0.223. The second kappa shape index (κ2) is 44.5. The fourth-order valence-corrected chi connectivity index (χ4v) is 14.1. The zero-order valence-corrected chi connectivity index (χ0v) is 84.1. The number of aromatic carboxylic acids is 2. The Morgan fingerprint density at radius 1 is 0.497 bits per heavy atom. The Hall–Kier alpha value is -17.6. The molecule has 2 aliphatic heterocycles. The van der Waals surface area contributed by atoms with Gasteiger partial charge < -0.3 is 66.0 Å². The Balaban J connectivity index is 0.000000138. The lowest BCUT2D eigenvalue weighted by Gasteiger charge is -2.32. The number of nitrogens with one attached hydrogen (secondary N) is 4. The van der Waals surface area contributed by atoms with E-state index in [9.17, 15) is 31.9 Å². The predicted octanol–water partition coefficient (Wildman–Crippen LogP) is 12.2. The van der Waals surface area contributed by atoms with E-state index >= 15 is 0 Å². The summed E-state index contributed by atoms with van der Waals surface area (Å²) in [7, 11) is 10.3. The van der Waals surface area contributed by atoms with Gasteiger partial charge in [0.2, 0.25) is 19.1 Å². The van der Waals surface area contributed by atoms with Crippen molar-refractivity contribution in [2.75, 3.05) is 11.5 Å². The van der Waals surface area contributed by atoms with Gasteiger partial charge in [0.05, 0.1) is 110 Å². The number of anilines is 2. The molecule has 2 aliphatic rings.